The molecule has 0 radical (unpaired) electrons. The highest BCUT2D eigenvalue weighted by molar-refractivity contribution is 5.81. The van der Waals surface area contributed by atoms with E-state index in [4.69, 9.17) is 0 Å². The van der Waals surface area contributed by atoms with Crippen LogP contribution in [0.4, 0.5) is 13.2 Å². The maximum Gasteiger partial charge on any atom is 0.471 e. The van der Waals surface area contributed by atoms with E-state index in [2.05, 4.69) is 0 Å². The van der Waals surface area contributed by atoms with Gasteiger partial charge in [0.05, 0.1) is 5.60 Å². The number of hydrogen-bond acceptors (Lipinski definition) is 2. The summed E-state index contributed by atoms with van der Waals surface area (Å²) < 4.78 is 35.1. The number of rotatable bonds is 3. The van der Waals surface area contributed by atoms with Crippen molar-refractivity contribution < 1.29 is 23.1 Å². The maximum atomic E-state index is 11.7. The molecule has 14 heavy (non-hydrogen) atoms. The van der Waals surface area contributed by atoms with Gasteiger partial charge in [0.2, 0.25) is 0 Å². The number of alkyl halides is 3. The van der Waals surface area contributed by atoms with Crippen LogP contribution in [0, 0.1) is 0 Å². The first-order valence-electron chi connectivity index (χ1n) is 4.41. The number of hydrogen-bond donors (Lipinski definition) is 2. The number of nitrogens with one attached hydrogen (secondary N) is 1. The Morgan fingerprint density at radius 2 is 2.00 bits per heavy atom. The van der Waals surface area contributed by atoms with E-state index in [1.54, 1.807) is 5.32 Å². The van der Waals surface area contributed by atoms with Crippen LogP contribution >= 0.6 is 0 Å². The van der Waals surface area contributed by atoms with E-state index in [9.17, 15) is 23.1 Å². The minimum absolute atomic E-state index is 0.130. The van der Waals surface area contributed by atoms with Crippen molar-refractivity contribution in [3.63, 3.8) is 0 Å². The fourth-order valence-electron chi connectivity index (χ4n) is 1.34. The van der Waals surface area contributed by atoms with E-state index < -0.39 is 17.7 Å². The van der Waals surface area contributed by atoms with Gasteiger partial charge in [-0.1, -0.05) is 0 Å². The quantitative estimate of drug-likeness (QED) is 0.730. The molecule has 0 spiro atoms. The predicted octanol–water partition coefficient (Wildman–Crippen LogP) is 0.970. The van der Waals surface area contributed by atoms with Gasteiger partial charge in [0, 0.05) is 6.54 Å². The molecule has 0 aromatic heterocycles. The highest BCUT2D eigenvalue weighted by Crippen LogP contribution is 2.34. The molecule has 1 fully saturated rings. The lowest BCUT2D eigenvalue weighted by Gasteiger charge is -2.36. The molecule has 0 aromatic carbocycles. The van der Waals surface area contributed by atoms with Gasteiger partial charge in [-0.15, -0.1) is 0 Å². The molecule has 82 valence electrons. The van der Waals surface area contributed by atoms with Crippen molar-refractivity contribution in [1.82, 2.24) is 5.32 Å². The van der Waals surface area contributed by atoms with E-state index in [0.717, 1.165) is 6.42 Å². The van der Waals surface area contributed by atoms with Crippen molar-refractivity contribution >= 4 is 5.91 Å². The van der Waals surface area contributed by atoms with Crippen molar-refractivity contribution in [2.24, 2.45) is 0 Å². The zero-order chi connectivity index (χ0) is 10.8. The zero-order valence-electron chi connectivity index (χ0n) is 7.52. The molecule has 0 saturated heterocycles. The van der Waals surface area contributed by atoms with E-state index in [-0.39, 0.29) is 13.0 Å². The molecule has 1 aliphatic rings. The molecule has 0 atom stereocenters. The highest BCUT2D eigenvalue weighted by Gasteiger charge is 2.39. The largest absolute Gasteiger partial charge is 0.471 e. The SMILES string of the molecule is O=C(NCCC1(O)CCC1)C(F)(F)F. The van der Waals surface area contributed by atoms with Gasteiger partial charge in [-0.2, -0.15) is 13.2 Å². The number of carbonyl (C=O) groups is 1. The molecule has 6 heteroatoms. The van der Waals surface area contributed by atoms with Crippen molar-refractivity contribution in [2.75, 3.05) is 6.54 Å². The lowest BCUT2D eigenvalue weighted by atomic mass is 9.78. The van der Waals surface area contributed by atoms with Gasteiger partial charge in [-0.25, -0.2) is 0 Å². The average molecular weight is 211 g/mol. The second-order valence-corrected chi connectivity index (χ2v) is 3.58. The van der Waals surface area contributed by atoms with Crippen LogP contribution in [0.1, 0.15) is 25.7 Å². The molecular formula is C8H12F3NO2. The monoisotopic (exact) mass is 211 g/mol. The lowest BCUT2D eigenvalue weighted by Crippen LogP contribution is -2.43. The second kappa shape index (κ2) is 3.76. The molecule has 0 aliphatic heterocycles. The summed E-state index contributed by atoms with van der Waals surface area (Å²) in [7, 11) is 0. The fraction of sp³-hybridized carbons (Fsp3) is 0.875. The summed E-state index contributed by atoms with van der Waals surface area (Å²) in [6.07, 6.45) is -2.54. The van der Waals surface area contributed by atoms with Crippen LogP contribution in [-0.2, 0) is 4.79 Å². The van der Waals surface area contributed by atoms with Crippen LogP contribution in [0.15, 0.2) is 0 Å². The summed E-state index contributed by atoms with van der Waals surface area (Å²) in [6.45, 7) is -0.130. The van der Waals surface area contributed by atoms with Gasteiger partial charge in [-0.3, -0.25) is 4.79 Å². The Morgan fingerprint density at radius 3 is 2.36 bits per heavy atom. The summed E-state index contributed by atoms with van der Waals surface area (Å²) in [6, 6.07) is 0. The third-order valence-electron chi connectivity index (χ3n) is 2.42. The summed E-state index contributed by atoms with van der Waals surface area (Å²) in [5, 5.41) is 11.2. The van der Waals surface area contributed by atoms with Gasteiger partial charge in [0.1, 0.15) is 0 Å². The second-order valence-electron chi connectivity index (χ2n) is 3.58. The zero-order valence-corrected chi connectivity index (χ0v) is 7.52. The van der Waals surface area contributed by atoms with Crippen LogP contribution in [0.3, 0.4) is 0 Å². The molecule has 0 unspecified atom stereocenters. The maximum absolute atomic E-state index is 11.7. The van der Waals surface area contributed by atoms with Gasteiger partial charge >= 0.3 is 12.1 Å². The van der Waals surface area contributed by atoms with Gasteiger partial charge in [0.25, 0.3) is 0 Å². The number of halogens is 3. The third-order valence-corrected chi connectivity index (χ3v) is 2.42. The Bertz CT molecular complexity index is 223. The standard InChI is InChI=1S/C8H12F3NO2/c9-8(10,11)6(13)12-5-4-7(14)2-1-3-7/h14H,1-5H2,(H,12,13). The van der Waals surface area contributed by atoms with E-state index in [0.29, 0.717) is 12.8 Å². The Labute approximate surface area is 79.3 Å². The summed E-state index contributed by atoms with van der Waals surface area (Å²) >= 11 is 0. The Hall–Kier alpha value is -0.780. The highest BCUT2D eigenvalue weighted by atomic mass is 19.4. The summed E-state index contributed by atoms with van der Waals surface area (Å²) in [5.74, 6) is -1.94. The number of carbonyl (C=O) groups excluding carboxylic acids is 1. The number of amides is 1. The van der Waals surface area contributed by atoms with Crippen molar-refractivity contribution in [3.8, 4) is 0 Å². The molecule has 1 saturated carbocycles. The molecule has 3 nitrogen and oxygen atoms in total. The van der Waals surface area contributed by atoms with E-state index in [1.807, 2.05) is 0 Å². The predicted molar refractivity (Wildman–Crippen MR) is 42.5 cm³/mol. The van der Waals surface area contributed by atoms with Crippen LogP contribution in [-0.4, -0.2) is 29.3 Å². The molecule has 1 amide bonds. The van der Waals surface area contributed by atoms with Crippen LogP contribution in [0.2, 0.25) is 0 Å². The fourth-order valence-corrected chi connectivity index (χ4v) is 1.34. The van der Waals surface area contributed by atoms with Gasteiger partial charge < -0.3 is 10.4 Å². The summed E-state index contributed by atoms with van der Waals surface area (Å²) in [4.78, 5) is 10.3. The van der Waals surface area contributed by atoms with Crippen LogP contribution in [0.5, 0.6) is 0 Å². The Balaban J connectivity index is 2.18. The van der Waals surface area contributed by atoms with Crippen molar-refractivity contribution in [2.45, 2.75) is 37.5 Å². The molecule has 0 bridgehead atoms. The van der Waals surface area contributed by atoms with E-state index >= 15 is 0 Å². The Morgan fingerprint density at radius 1 is 1.43 bits per heavy atom. The molecule has 1 rings (SSSR count). The molecule has 0 heterocycles. The van der Waals surface area contributed by atoms with Gasteiger partial charge in [0.15, 0.2) is 0 Å². The van der Waals surface area contributed by atoms with Crippen molar-refractivity contribution in [3.05, 3.63) is 0 Å². The molecule has 2 N–H and O–H groups in total. The normalized spacial score (nSPS) is 20.0. The molecular weight excluding hydrogens is 199 g/mol. The van der Waals surface area contributed by atoms with Crippen LogP contribution in [0.25, 0.3) is 0 Å². The minimum atomic E-state index is -4.83. The lowest BCUT2D eigenvalue weighted by molar-refractivity contribution is -0.173. The van der Waals surface area contributed by atoms with Crippen molar-refractivity contribution in [1.29, 1.82) is 0 Å². The Kier molecular flexibility index (Phi) is 3.04. The molecule has 1 aliphatic carbocycles. The first-order chi connectivity index (χ1) is 6.33. The topological polar surface area (TPSA) is 49.3 Å². The first-order valence-corrected chi connectivity index (χ1v) is 4.41. The smallest absolute Gasteiger partial charge is 0.390 e. The number of aliphatic hydroxyl groups is 1. The summed E-state index contributed by atoms with van der Waals surface area (Å²) in [5.41, 5.74) is -0.848. The first kappa shape index (κ1) is 11.3. The van der Waals surface area contributed by atoms with Crippen LogP contribution < -0.4 is 5.32 Å². The van der Waals surface area contributed by atoms with Gasteiger partial charge in [-0.05, 0) is 25.7 Å². The minimum Gasteiger partial charge on any atom is -0.390 e. The van der Waals surface area contributed by atoms with E-state index in [1.165, 1.54) is 0 Å². The molecule has 0 aromatic rings. The third kappa shape index (κ3) is 2.87. The average Bonchev–Trinajstić information content (AvgIpc) is 1.99.